The minimum absolute atomic E-state index is 0.108. The number of ether oxygens (including phenoxy) is 2. The van der Waals surface area contributed by atoms with Crippen molar-refractivity contribution in [2.24, 2.45) is 5.10 Å². The lowest BCUT2D eigenvalue weighted by Gasteiger charge is -2.11. The molecule has 0 saturated heterocycles. The molecule has 0 fully saturated rings. The minimum Gasteiger partial charge on any atom is -0.490 e. The van der Waals surface area contributed by atoms with Gasteiger partial charge < -0.3 is 9.47 Å². The Morgan fingerprint density at radius 3 is 2.74 bits per heavy atom. The topological polar surface area (TPSA) is 108 Å². The maximum absolute atomic E-state index is 11.3. The third-order valence-corrected chi connectivity index (χ3v) is 2.99. The second-order valence-corrected chi connectivity index (χ2v) is 4.63. The quantitative estimate of drug-likeness (QED) is 0.360. The van der Waals surface area contributed by atoms with E-state index in [1.54, 1.807) is 19.9 Å². The zero-order chi connectivity index (χ0) is 16.8. The molecule has 0 spiro atoms. The molecular weight excluding hydrogens is 322 g/mol. The lowest BCUT2D eigenvalue weighted by Crippen LogP contribution is -2.03. The Balaban J connectivity index is 2.48. The van der Waals surface area contributed by atoms with Gasteiger partial charge in [-0.2, -0.15) is 14.9 Å². The Hall–Kier alpha value is -2.75. The number of hydrogen-bond donors (Lipinski definition) is 1. The first-order valence-electron chi connectivity index (χ1n) is 6.81. The van der Waals surface area contributed by atoms with Crippen molar-refractivity contribution in [3.8, 4) is 11.5 Å². The van der Waals surface area contributed by atoms with Crippen molar-refractivity contribution >= 4 is 24.1 Å². The van der Waals surface area contributed by atoms with Crippen molar-refractivity contribution in [1.82, 2.24) is 14.9 Å². The van der Waals surface area contributed by atoms with Crippen LogP contribution in [-0.4, -0.2) is 39.2 Å². The molecule has 0 aliphatic rings. The highest BCUT2D eigenvalue weighted by atomic mass is 32.1. The highest BCUT2D eigenvalue weighted by Gasteiger charge is 2.22. The molecule has 0 bridgehead atoms. The molecule has 0 atom stereocenters. The summed E-state index contributed by atoms with van der Waals surface area (Å²) in [6.45, 7) is 4.17. The van der Waals surface area contributed by atoms with Gasteiger partial charge in [-0.05, 0) is 32.1 Å². The predicted octanol–water partition coefficient (Wildman–Crippen LogP) is 2.53. The van der Waals surface area contributed by atoms with E-state index < -0.39 is 4.92 Å². The molecule has 0 aliphatic heterocycles. The molecule has 0 radical (unpaired) electrons. The number of hydrogen-bond acceptors (Lipinski definition) is 7. The Morgan fingerprint density at radius 1 is 1.43 bits per heavy atom. The molecule has 2 aromatic rings. The zero-order valence-corrected chi connectivity index (χ0v) is 13.4. The highest BCUT2D eigenvalue weighted by molar-refractivity contribution is 7.71. The fourth-order valence-electron chi connectivity index (χ4n) is 1.82. The van der Waals surface area contributed by atoms with Crippen molar-refractivity contribution in [3.63, 3.8) is 0 Å². The van der Waals surface area contributed by atoms with E-state index in [1.807, 2.05) is 0 Å². The maximum atomic E-state index is 11.3. The van der Waals surface area contributed by atoms with Gasteiger partial charge in [0.1, 0.15) is 6.33 Å². The second-order valence-electron chi connectivity index (χ2n) is 4.24. The molecule has 9 nitrogen and oxygen atoms in total. The van der Waals surface area contributed by atoms with Crippen LogP contribution in [0.5, 0.6) is 11.5 Å². The van der Waals surface area contributed by atoms with Crippen LogP contribution in [0.15, 0.2) is 23.6 Å². The molecule has 23 heavy (non-hydrogen) atoms. The van der Waals surface area contributed by atoms with Crippen molar-refractivity contribution in [3.05, 3.63) is 38.9 Å². The Bertz CT molecular complexity index is 783. The highest BCUT2D eigenvalue weighted by Crippen LogP contribution is 2.38. The maximum Gasteiger partial charge on any atom is 0.315 e. The standard InChI is InChI=1S/C13H15N5O4S/c1-3-21-11-6-9(7-15-17-8-14-16-13(17)23)5-10(18(19)20)12(11)22-4-2/h5-8H,3-4H2,1-2H3,(H,16,23)/b15-7-. The van der Waals surface area contributed by atoms with Crippen LogP contribution in [0.2, 0.25) is 0 Å². The minimum atomic E-state index is -0.519. The first-order chi connectivity index (χ1) is 11.1. The van der Waals surface area contributed by atoms with Crippen molar-refractivity contribution in [2.75, 3.05) is 13.2 Å². The van der Waals surface area contributed by atoms with Crippen LogP contribution >= 0.6 is 12.2 Å². The van der Waals surface area contributed by atoms with Gasteiger partial charge in [-0.3, -0.25) is 15.2 Å². The van der Waals surface area contributed by atoms with Crippen LogP contribution in [0.3, 0.4) is 0 Å². The van der Waals surface area contributed by atoms with Crippen LogP contribution in [0.4, 0.5) is 5.69 Å². The predicted molar refractivity (Wildman–Crippen MR) is 85.8 cm³/mol. The summed E-state index contributed by atoms with van der Waals surface area (Å²) in [5.41, 5.74) is 0.293. The van der Waals surface area contributed by atoms with Gasteiger partial charge >= 0.3 is 5.69 Å². The molecule has 1 N–H and O–H groups in total. The summed E-state index contributed by atoms with van der Waals surface area (Å²) in [5, 5.41) is 21.7. The van der Waals surface area contributed by atoms with E-state index in [4.69, 9.17) is 21.7 Å². The average molecular weight is 337 g/mol. The molecule has 0 saturated carbocycles. The van der Waals surface area contributed by atoms with Crippen molar-refractivity contribution < 1.29 is 14.4 Å². The van der Waals surface area contributed by atoms with Crippen LogP contribution in [0.1, 0.15) is 19.4 Å². The molecule has 122 valence electrons. The number of nitrogens with zero attached hydrogens (tertiary/aromatic N) is 4. The molecule has 0 aliphatic carbocycles. The summed E-state index contributed by atoms with van der Waals surface area (Å²) in [4.78, 5) is 10.8. The number of H-pyrrole nitrogens is 1. The SMILES string of the molecule is CCOc1cc(/C=N\n2cn[nH]c2=S)cc([N+](=O)[O-])c1OCC. The second kappa shape index (κ2) is 7.49. The molecule has 2 rings (SSSR count). The smallest absolute Gasteiger partial charge is 0.315 e. The first kappa shape index (κ1) is 16.6. The van der Waals surface area contributed by atoms with E-state index in [0.29, 0.717) is 29.3 Å². The van der Waals surface area contributed by atoms with E-state index in [9.17, 15) is 10.1 Å². The summed E-state index contributed by atoms with van der Waals surface area (Å²) in [5.74, 6) is 0.400. The van der Waals surface area contributed by atoms with E-state index in [-0.39, 0.29) is 11.4 Å². The molecule has 0 unspecified atom stereocenters. The van der Waals surface area contributed by atoms with Gasteiger partial charge in [-0.15, -0.1) is 0 Å². The van der Waals surface area contributed by atoms with E-state index in [1.165, 1.54) is 23.3 Å². The van der Waals surface area contributed by atoms with Crippen LogP contribution < -0.4 is 9.47 Å². The van der Waals surface area contributed by atoms with Crippen LogP contribution in [0, 0.1) is 14.9 Å². The number of nitro benzene ring substituents is 1. The van der Waals surface area contributed by atoms with Crippen LogP contribution in [0.25, 0.3) is 0 Å². The van der Waals surface area contributed by atoms with Crippen LogP contribution in [-0.2, 0) is 0 Å². The van der Waals surface area contributed by atoms with Gasteiger partial charge in [-0.25, -0.2) is 0 Å². The van der Waals surface area contributed by atoms with E-state index >= 15 is 0 Å². The van der Waals surface area contributed by atoms with Gasteiger partial charge in [0.25, 0.3) is 0 Å². The summed E-state index contributed by atoms with van der Waals surface area (Å²) in [6.07, 6.45) is 2.82. The van der Waals surface area contributed by atoms with Gasteiger partial charge in [0.15, 0.2) is 5.75 Å². The summed E-state index contributed by atoms with van der Waals surface area (Å²) < 4.78 is 12.4. The Kier molecular flexibility index (Phi) is 5.41. The Labute approximate surface area is 136 Å². The summed E-state index contributed by atoms with van der Waals surface area (Å²) >= 11 is 4.97. The Morgan fingerprint density at radius 2 is 2.17 bits per heavy atom. The van der Waals surface area contributed by atoms with Gasteiger partial charge in [-0.1, -0.05) is 0 Å². The monoisotopic (exact) mass is 337 g/mol. The normalized spacial score (nSPS) is 10.9. The number of rotatable bonds is 7. The third kappa shape index (κ3) is 3.92. The number of nitro groups is 1. The average Bonchev–Trinajstić information content (AvgIpc) is 2.92. The summed E-state index contributed by atoms with van der Waals surface area (Å²) in [7, 11) is 0. The molecule has 10 heteroatoms. The molecule has 1 heterocycles. The molecule has 0 amide bonds. The van der Waals surface area contributed by atoms with E-state index in [0.717, 1.165) is 0 Å². The number of nitrogens with one attached hydrogen (secondary N) is 1. The van der Waals surface area contributed by atoms with Gasteiger partial charge in [0.2, 0.25) is 10.5 Å². The lowest BCUT2D eigenvalue weighted by molar-refractivity contribution is -0.385. The number of benzene rings is 1. The molecular formula is C13H15N5O4S. The number of aromatic amines is 1. The van der Waals surface area contributed by atoms with Gasteiger partial charge in [0.05, 0.1) is 24.4 Å². The zero-order valence-electron chi connectivity index (χ0n) is 12.6. The number of aromatic nitrogens is 3. The first-order valence-corrected chi connectivity index (χ1v) is 7.22. The fraction of sp³-hybridized carbons (Fsp3) is 0.308. The molecule has 1 aromatic carbocycles. The third-order valence-electron chi connectivity index (χ3n) is 2.71. The largest absolute Gasteiger partial charge is 0.490 e. The van der Waals surface area contributed by atoms with E-state index in [2.05, 4.69) is 15.3 Å². The summed E-state index contributed by atoms with van der Waals surface area (Å²) in [6, 6.07) is 2.98. The molecule has 1 aromatic heterocycles. The van der Waals surface area contributed by atoms with Gasteiger partial charge in [0, 0.05) is 11.6 Å². The van der Waals surface area contributed by atoms with Crippen molar-refractivity contribution in [1.29, 1.82) is 0 Å². The van der Waals surface area contributed by atoms with Crippen molar-refractivity contribution in [2.45, 2.75) is 13.8 Å². The lowest BCUT2D eigenvalue weighted by atomic mass is 10.2. The fourth-order valence-corrected chi connectivity index (χ4v) is 1.97.